The molecule has 21 heavy (non-hydrogen) atoms. The van der Waals surface area contributed by atoms with Gasteiger partial charge < -0.3 is 10.1 Å². The lowest BCUT2D eigenvalue weighted by atomic mass is 10.0. The van der Waals surface area contributed by atoms with Crippen LogP contribution in [0.1, 0.15) is 25.1 Å². The molecule has 1 N–H and O–H groups in total. The number of nitrogens with zero attached hydrogens (tertiary/aromatic N) is 2. The number of hydrogen-bond donors (Lipinski definition) is 1. The molecule has 0 unspecified atom stereocenters. The number of anilines is 1. The van der Waals surface area contributed by atoms with E-state index in [-0.39, 0.29) is 5.60 Å². The normalized spacial score (nSPS) is 15.5. The lowest BCUT2D eigenvalue weighted by molar-refractivity contribution is 0.139. The third-order valence-electron chi connectivity index (χ3n) is 3.59. The summed E-state index contributed by atoms with van der Waals surface area (Å²) in [6, 6.07) is 6.20. The lowest BCUT2D eigenvalue weighted by Crippen LogP contribution is -2.24. The van der Waals surface area contributed by atoms with Crippen LogP contribution in [0.4, 0.5) is 5.82 Å². The molecular weight excluding hydrogens is 377 g/mol. The van der Waals surface area contributed by atoms with Crippen molar-refractivity contribution in [2.75, 3.05) is 12.4 Å². The predicted octanol–water partition coefficient (Wildman–Crippen LogP) is 3.81. The molecule has 1 aliphatic rings. The van der Waals surface area contributed by atoms with E-state index in [0.29, 0.717) is 5.82 Å². The van der Waals surface area contributed by atoms with Crippen molar-refractivity contribution in [1.29, 1.82) is 0 Å². The topological polar surface area (TPSA) is 47.0 Å². The summed E-state index contributed by atoms with van der Waals surface area (Å²) >= 11 is 2.26. The lowest BCUT2D eigenvalue weighted by Gasteiger charge is -2.18. The highest BCUT2D eigenvalue weighted by Gasteiger charge is 2.32. The average Bonchev–Trinajstić information content (AvgIpc) is 2.75. The van der Waals surface area contributed by atoms with Crippen molar-refractivity contribution in [3.8, 4) is 17.1 Å². The van der Waals surface area contributed by atoms with Gasteiger partial charge in [-0.25, -0.2) is 9.97 Å². The van der Waals surface area contributed by atoms with Gasteiger partial charge in [0.2, 0.25) is 0 Å². The first-order chi connectivity index (χ1) is 9.91. The molecule has 0 spiro atoms. The fraction of sp³-hybridized carbons (Fsp3) is 0.375. The van der Waals surface area contributed by atoms with Gasteiger partial charge in [-0.3, -0.25) is 0 Å². The van der Waals surface area contributed by atoms with Gasteiger partial charge >= 0.3 is 0 Å². The quantitative estimate of drug-likeness (QED) is 0.786. The molecule has 2 heterocycles. The van der Waals surface area contributed by atoms with Crippen molar-refractivity contribution in [3.63, 3.8) is 0 Å². The molecule has 110 valence electrons. The smallest absolute Gasteiger partial charge is 0.165 e. The summed E-state index contributed by atoms with van der Waals surface area (Å²) in [5, 5.41) is 3.13. The molecule has 0 amide bonds. The van der Waals surface area contributed by atoms with Crippen LogP contribution < -0.4 is 10.1 Å². The Morgan fingerprint density at radius 1 is 1.29 bits per heavy atom. The summed E-state index contributed by atoms with van der Waals surface area (Å²) in [7, 11) is 1.88. The number of fused-ring (bicyclic) bond motifs is 1. The summed E-state index contributed by atoms with van der Waals surface area (Å²) < 4.78 is 7.17. The Morgan fingerprint density at radius 3 is 2.76 bits per heavy atom. The summed E-state index contributed by atoms with van der Waals surface area (Å²) in [6.07, 6.45) is 0.915. The Morgan fingerprint density at radius 2 is 2.05 bits per heavy atom. The summed E-state index contributed by atoms with van der Waals surface area (Å²) in [4.78, 5) is 9.28. The van der Waals surface area contributed by atoms with Gasteiger partial charge in [0.15, 0.2) is 5.82 Å². The van der Waals surface area contributed by atoms with Gasteiger partial charge in [-0.05, 0) is 55.0 Å². The van der Waals surface area contributed by atoms with Gasteiger partial charge in [-0.15, -0.1) is 0 Å². The molecule has 1 aliphatic heterocycles. The van der Waals surface area contributed by atoms with Crippen LogP contribution in [0.2, 0.25) is 0 Å². The van der Waals surface area contributed by atoms with Crippen molar-refractivity contribution >= 4 is 28.4 Å². The van der Waals surface area contributed by atoms with Crippen LogP contribution in [0.3, 0.4) is 0 Å². The molecular formula is C16H18IN3O. The Kier molecular flexibility index (Phi) is 3.55. The maximum absolute atomic E-state index is 6.12. The standard InChI is InChI=1S/C16H18IN3O/c1-9-12(17)15(18-4)20-14(19-9)11-7-5-6-10-8-16(2,3)21-13(10)11/h5-7H,8H2,1-4H3,(H,18,19,20). The zero-order valence-corrected chi connectivity index (χ0v) is 14.8. The average molecular weight is 395 g/mol. The highest BCUT2D eigenvalue weighted by atomic mass is 127. The second-order valence-electron chi connectivity index (χ2n) is 5.88. The number of aryl methyl sites for hydroxylation is 1. The highest BCUT2D eigenvalue weighted by molar-refractivity contribution is 14.1. The fourth-order valence-corrected chi connectivity index (χ4v) is 3.15. The van der Waals surface area contributed by atoms with Gasteiger partial charge in [0.05, 0.1) is 14.8 Å². The predicted molar refractivity (Wildman–Crippen MR) is 92.9 cm³/mol. The molecule has 0 aliphatic carbocycles. The van der Waals surface area contributed by atoms with Crippen molar-refractivity contribution in [2.24, 2.45) is 0 Å². The van der Waals surface area contributed by atoms with Crippen molar-refractivity contribution in [2.45, 2.75) is 32.8 Å². The summed E-state index contributed by atoms with van der Waals surface area (Å²) in [6.45, 7) is 6.22. The van der Waals surface area contributed by atoms with Crippen LogP contribution in [-0.4, -0.2) is 22.6 Å². The minimum atomic E-state index is -0.164. The van der Waals surface area contributed by atoms with E-state index in [1.807, 2.05) is 20.0 Å². The second-order valence-corrected chi connectivity index (χ2v) is 6.96. The number of rotatable bonds is 2. The van der Waals surface area contributed by atoms with E-state index in [1.54, 1.807) is 0 Å². The van der Waals surface area contributed by atoms with Crippen LogP contribution >= 0.6 is 22.6 Å². The Bertz CT molecular complexity index is 713. The minimum absolute atomic E-state index is 0.164. The Hall–Kier alpha value is -1.37. The van der Waals surface area contributed by atoms with E-state index in [4.69, 9.17) is 4.74 Å². The number of ether oxygens (including phenoxy) is 1. The van der Waals surface area contributed by atoms with E-state index in [2.05, 4.69) is 63.9 Å². The van der Waals surface area contributed by atoms with Gasteiger partial charge in [0, 0.05) is 13.5 Å². The van der Waals surface area contributed by atoms with Gasteiger partial charge in [-0.1, -0.05) is 12.1 Å². The molecule has 2 aromatic rings. The second kappa shape index (κ2) is 5.12. The van der Waals surface area contributed by atoms with Crippen molar-refractivity contribution < 1.29 is 4.74 Å². The van der Waals surface area contributed by atoms with E-state index in [0.717, 1.165) is 32.8 Å². The zero-order valence-electron chi connectivity index (χ0n) is 12.6. The maximum atomic E-state index is 6.12. The number of halogens is 1. The molecule has 1 aromatic heterocycles. The number of hydrogen-bond acceptors (Lipinski definition) is 4. The van der Waals surface area contributed by atoms with Gasteiger partial charge in [0.25, 0.3) is 0 Å². The molecule has 0 fully saturated rings. The SMILES string of the molecule is CNc1nc(-c2cccc3c2OC(C)(C)C3)nc(C)c1I. The number of aromatic nitrogens is 2. The third-order valence-corrected chi connectivity index (χ3v) is 4.88. The first-order valence-corrected chi connectivity index (χ1v) is 8.02. The molecule has 0 radical (unpaired) electrons. The first kappa shape index (κ1) is 14.6. The fourth-order valence-electron chi connectivity index (χ4n) is 2.64. The van der Waals surface area contributed by atoms with Crippen LogP contribution in [0.25, 0.3) is 11.4 Å². The summed E-state index contributed by atoms with van der Waals surface area (Å²) in [5.74, 6) is 2.49. The van der Waals surface area contributed by atoms with E-state index < -0.39 is 0 Å². The molecule has 5 heteroatoms. The third kappa shape index (κ3) is 2.59. The molecule has 4 nitrogen and oxygen atoms in total. The van der Waals surface area contributed by atoms with E-state index >= 15 is 0 Å². The molecule has 0 bridgehead atoms. The number of para-hydroxylation sites is 1. The number of benzene rings is 1. The minimum Gasteiger partial charge on any atom is -0.486 e. The summed E-state index contributed by atoms with van der Waals surface area (Å²) in [5.41, 5.74) is 3.00. The highest BCUT2D eigenvalue weighted by Crippen LogP contribution is 2.41. The van der Waals surface area contributed by atoms with Crippen molar-refractivity contribution in [1.82, 2.24) is 9.97 Å². The molecule has 1 aromatic carbocycles. The first-order valence-electron chi connectivity index (χ1n) is 6.94. The van der Waals surface area contributed by atoms with E-state index in [9.17, 15) is 0 Å². The Labute approximate surface area is 138 Å². The van der Waals surface area contributed by atoms with Crippen LogP contribution in [0.15, 0.2) is 18.2 Å². The van der Waals surface area contributed by atoms with Crippen molar-refractivity contribution in [3.05, 3.63) is 33.0 Å². The van der Waals surface area contributed by atoms with Crippen LogP contribution in [-0.2, 0) is 6.42 Å². The van der Waals surface area contributed by atoms with Crippen LogP contribution in [0, 0.1) is 10.5 Å². The zero-order chi connectivity index (χ0) is 15.2. The molecule has 3 rings (SSSR count). The molecule has 0 saturated carbocycles. The van der Waals surface area contributed by atoms with Crippen LogP contribution in [0.5, 0.6) is 5.75 Å². The van der Waals surface area contributed by atoms with Gasteiger partial charge in [-0.2, -0.15) is 0 Å². The maximum Gasteiger partial charge on any atom is 0.165 e. The molecule has 0 atom stereocenters. The largest absolute Gasteiger partial charge is 0.486 e. The number of nitrogens with one attached hydrogen (secondary N) is 1. The van der Waals surface area contributed by atoms with Gasteiger partial charge in [0.1, 0.15) is 17.2 Å². The van der Waals surface area contributed by atoms with E-state index in [1.165, 1.54) is 5.56 Å². The monoisotopic (exact) mass is 395 g/mol. The Balaban J connectivity index is 2.16. The molecule has 0 saturated heterocycles.